The van der Waals surface area contributed by atoms with Gasteiger partial charge in [-0.15, -0.1) is 0 Å². The summed E-state index contributed by atoms with van der Waals surface area (Å²) in [6.45, 7) is 4.68. The molecule has 2 aromatic rings. The van der Waals surface area contributed by atoms with Gasteiger partial charge >= 0.3 is 0 Å². The predicted molar refractivity (Wildman–Crippen MR) is 96.1 cm³/mol. The fraction of sp³-hybridized carbons (Fsp3) is 0.278. The maximum absolute atomic E-state index is 12.3. The van der Waals surface area contributed by atoms with Crippen molar-refractivity contribution in [3.8, 4) is 0 Å². The van der Waals surface area contributed by atoms with E-state index < -0.39 is 0 Å². The third-order valence-electron chi connectivity index (χ3n) is 4.06. The summed E-state index contributed by atoms with van der Waals surface area (Å²) in [5.74, 6) is -0.269. The van der Waals surface area contributed by atoms with Crippen LogP contribution in [0.4, 0.5) is 5.69 Å². The van der Waals surface area contributed by atoms with Crippen LogP contribution >= 0.6 is 23.2 Å². The van der Waals surface area contributed by atoms with Gasteiger partial charge in [0.2, 0.25) is 0 Å². The van der Waals surface area contributed by atoms with E-state index in [4.69, 9.17) is 27.9 Å². The molecule has 1 aliphatic rings. The molecular formula is C18H19Cl2N2O2+. The molecular weight excluding hydrogens is 347 g/mol. The number of amides is 1. The van der Waals surface area contributed by atoms with E-state index in [-0.39, 0.29) is 10.9 Å². The van der Waals surface area contributed by atoms with Gasteiger partial charge in [-0.1, -0.05) is 41.4 Å². The van der Waals surface area contributed by atoms with Gasteiger partial charge in [0.1, 0.15) is 19.6 Å². The van der Waals surface area contributed by atoms with Gasteiger partial charge in [0.15, 0.2) is 0 Å². The van der Waals surface area contributed by atoms with E-state index >= 15 is 0 Å². The quantitative estimate of drug-likeness (QED) is 0.874. The lowest BCUT2D eigenvalue weighted by atomic mass is 10.1. The van der Waals surface area contributed by atoms with Crippen LogP contribution < -0.4 is 10.2 Å². The zero-order chi connectivity index (χ0) is 16.9. The zero-order valence-electron chi connectivity index (χ0n) is 13.1. The Morgan fingerprint density at radius 1 is 1.08 bits per heavy atom. The minimum absolute atomic E-state index is 0.268. The number of benzene rings is 2. The summed E-state index contributed by atoms with van der Waals surface area (Å²) in [6, 6.07) is 12.9. The zero-order valence-corrected chi connectivity index (χ0v) is 14.7. The first-order valence-electron chi connectivity index (χ1n) is 7.89. The van der Waals surface area contributed by atoms with Crippen LogP contribution in [0.25, 0.3) is 0 Å². The first-order valence-corrected chi connectivity index (χ1v) is 8.64. The predicted octanol–water partition coefficient (Wildman–Crippen LogP) is 2.66. The third-order valence-corrected chi connectivity index (χ3v) is 4.88. The van der Waals surface area contributed by atoms with Crippen LogP contribution in [0.3, 0.4) is 0 Å². The van der Waals surface area contributed by atoms with E-state index in [1.807, 2.05) is 24.3 Å². The second-order valence-electron chi connectivity index (χ2n) is 5.79. The van der Waals surface area contributed by atoms with Gasteiger partial charge in [-0.05, 0) is 24.3 Å². The van der Waals surface area contributed by atoms with E-state index in [0.717, 1.165) is 38.5 Å². The van der Waals surface area contributed by atoms with E-state index in [1.165, 1.54) is 10.5 Å². The van der Waals surface area contributed by atoms with Crippen LogP contribution in [-0.2, 0) is 11.3 Å². The maximum atomic E-state index is 12.3. The fourth-order valence-electron chi connectivity index (χ4n) is 2.71. The number of anilines is 1. The molecule has 1 fully saturated rings. The molecule has 126 valence electrons. The summed E-state index contributed by atoms with van der Waals surface area (Å²) >= 11 is 12.0. The molecule has 0 spiro atoms. The summed E-state index contributed by atoms with van der Waals surface area (Å²) in [6.07, 6.45) is 0. The minimum atomic E-state index is -0.269. The molecule has 0 bridgehead atoms. The van der Waals surface area contributed by atoms with Gasteiger partial charge < -0.3 is 15.0 Å². The largest absolute Gasteiger partial charge is 0.370 e. The molecule has 2 aromatic carbocycles. The number of nitrogens with one attached hydrogen (secondary N) is 2. The van der Waals surface area contributed by atoms with Gasteiger partial charge in [-0.2, -0.15) is 0 Å². The molecule has 6 heteroatoms. The van der Waals surface area contributed by atoms with Crippen molar-refractivity contribution >= 4 is 34.8 Å². The summed E-state index contributed by atoms with van der Waals surface area (Å²) < 4.78 is 5.37. The van der Waals surface area contributed by atoms with Crippen LogP contribution in [-0.4, -0.2) is 32.2 Å². The number of hydrogen-bond acceptors (Lipinski definition) is 2. The van der Waals surface area contributed by atoms with Crippen molar-refractivity contribution < 1.29 is 14.4 Å². The van der Waals surface area contributed by atoms with Gasteiger partial charge in [0, 0.05) is 11.3 Å². The summed E-state index contributed by atoms with van der Waals surface area (Å²) in [4.78, 5) is 13.8. The lowest BCUT2D eigenvalue weighted by Gasteiger charge is -2.23. The average molecular weight is 366 g/mol. The lowest BCUT2D eigenvalue weighted by molar-refractivity contribution is -0.921. The molecule has 1 heterocycles. The van der Waals surface area contributed by atoms with Crippen LogP contribution in [0.5, 0.6) is 0 Å². The Labute approximate surface area is 151 Å². The van der Waals surface area contributed by atoms with Crippen molar-refractivity contribution in [3.63, 3.8) is 0 Å². The Balaban J connectivity index is 1.63. The molecule has 0 atom stereocenters. The minimum Gasteiger partial charge on any atom is -0.370 e. The maximum Gasteiger partial charge on any atom is 0.257 e. The standard InChI is InChI=1S/C18H18Cl2N2O2/c19-16-3-1-2-15(17(16)20)18(23)21-14-6-4-13(5-7-14)12-22-8-10-24-11-9-22/h1-7H,8-12H2,(H,21,23)/p+1. The van der Waals surface area contributed by atoms with Gasteiger partial charge in [-0.3, -0.25) is 4.79 Å². The number of quaternary nitrogens is 1. The molecule has 0 saturated carbocycles. The average Bonchev–Trinajstić information content (AvgIpc) is 2.60. The number of carbonyl (C=O) groups is 1. The number of rotatable bonds is 4. The second-order valence-corrected chi connectivity index (χ2v) is 6.58. The van der Waals surface area contributed by atoms with Crippen molar-refractivity contribution in [3.05, 3.63) is 63.6 Å². The molecule has 0 aromatic heterocycles. The number of carbonyl (C=O) groups excluding carboxylic acids is 1. The van der Waals surface area contributed by atoms with Crippen molar-refractivity contribution in [2.75, 3.05) is 31.6 Å². The van der Waals surface area contributed by atoms with Crippen molar-refractivity contribution in [1.82, 2.24) is 0 Å². The van der Waals surface area contributed by atoms with Crippen LogP contribution in [0.2, 0.25) is 10.0 Å². The Kier molecular flexibility index (Phi) is 5.74. The Morgan fingerprint density at radius 3 is 2.50 bits per heavy atom. The lowest BCUT2D eigenvalue weighted by Crippen LogP contribution is -3.12. The van der Waals surface area contributed by atoms with Gasteiger partial charge in [0.05, 0.1) is 28.8 Å². The molecule has 0 unspecified atom stereocenters. The van der Waals surface area contributed by atoms with E-state index in [9.17, 15) is 4.79 Å². The first-order chi connectivity index (χ1) is 11.6. The number of morpholine rings is 1. The molecule has 0 radical (unpaired) electrons. The third kappa shape index (κ3) is 4.28. The molecule has 2 N–H and O–H groups in total. The normalized spacial score (nSPS) is 15.2. The van der Waals surface area contributed by atoms with Crippen molar-refractivity contribution in [2.24, 2.45) is 0 Å². The molecule has 0 aliphatic carbocycles. The second kappa shape index (κ2) is 7.99. The number of ether oxygens (including phenoxy) is 1. The summed E-state index contributed by atoms with van der Waals surface area (Å²) in [5, 5.41) is 3.48. The van der Waals surface area contributed by atoms with Crippen LogP contribution in [0.1, 0.15) is 15.9 Å². The highest BCUT2D eigenvalue weighted by molar-refractivity contribution is 6.44. The van der Waals surface area contributed by atoms with Crippen molar-refractivity contribution in [1.29, 1.82) is 0 Å². The Bertz CT molecular complexity index is 713. The fourth-order valence-corrected chi connectivity index (χ4v) is 3.10. The molecule has 4 nitrogen and oxygen atoms in total. The van der Waals surface area contributed by atoms with E-state index in [0.29, 0.717) is 10.6 Å². The molecule has 24 heavy (non-hydrogen) atoms. The SMILES string of the molecule is O=C(Nc1ccc(C[NH+]2CCOCC2)cc1)c1cccc(Cl)c1Cl. The van der Waals surface area contributed by atoms with Gasteiger partial charge in [0.25, 0.3) is 5.91 Å². The van der Waals surface area contributed by atoms with E-state index in [1.54, 1.807) is 18.2 Å². The molecule has 1 saturated heterocycles. The highest BCUT2D eigenvalue weighted by Gasteiger charge is 2.15. The van der Waals surface area contributed by atoms with Crippen LogP contribution in [0.15, 0.2) is 42.5 Å². The highest BCUT2D eigenvalue weighted by atomic mass is 35.5. The highest BCUT2D eigenvalue weighted by Crippen LogP contribution is 2.26. The van der Waals surface area contributed by atoms with Crippen LogP contribution in [0, 0.1) is 0 Å². The molecule has 1 amide bonds. The number of halogens is 2. The molecule has 1 aliphatic heterocycles. The van der Waals surface area contributed by atoms with Gasteiger partial charge in [-0.25, -0.2) is 0 Å². The monoisotopic (exact) mass is 365 g/mol. The first kappa shape index (κ1) is 17.2. The number of hydrogen-bond donors (Lipinski definition) is 2. The summed E-state index contributed by atoms with van der Waals surface area (Å²) in [5.41, 5.74) is 2.34. The molecule has 3 rings (SSSR count). The topological polar surface area (TPSA) is 42.8 Å². The summed E-state index contributed by atoms with van der Waals surface area (Å²) in [7, 11) is 0. The smallest absolute Gasteiger partial charge is 0.257 e. The Morgan fingerprint density at radius 2 is 1.79 bits per heavy atom. The Hall–Kier alpha value is -1.59. The van der Waals surface area contributed by atoms with E-state index in [2.05, 4.69) is 5.32 Å². The van der Waals surface area contributed by atoms with Crippen molar-refractivity contribution in [2.45, 2.75) is 6.54 Å².